The minimum atomic E-state index is -0.522. The summed E-state index contributed by atoms with van der Waals surface area (Å²) in [6, 6.07) is 0. The molecule has 3 nitrogen and oxygen atoms in total. The highest BCUT2D eigenvalue weighted by molar-refractivity contribution is 4.64. The fourth-order valence-corrected chi connectivity index (χ4v) is 3.31. The Morgan fingerprint density at radius 2 is 1.07 bits per heavy atom. The Bertz CT molecular complexity index is 281. The van der Waals surface area contributed by atoms with Gasteiger partial charge >= 0.3 is 0 Å². The molecule has 0 amide bonds. The van der Waals surface area contributed by atoms with E-state index >= 15 is 0 Å². The molecule has 0 rings (SSSR count). The number of hydrogen-bond donors (Lipinski definition) is 1. The van der Waals surface area contributed by atoms with Crippen LogP contribution in [0.15, 0.2) is 12.7 Å². The minimum absolute atomic E-state index is 0.324. The molecule has 1 N–H and O–H groups in total. The maximum Gasteiger partial charge on any atom is 0.101 e. The third kappa shape index (κ3) is 23.6. The lowest BCUT2D eigenvalue weighted by atomic mass is 10.0. The van der Waals surface area contributed by atoms with Gasteiger partial charge in [0.1, 0.15) is 6.10 Å². The average Bonchev–Trinajstić information content (AvgIpc) is 2.67. The molecule has 0 aromatic heterocycles. The van der Waals surface area contributed by atoms with Gasteiger partial charge in [0.15, 0.2) is 0 Å². The van der Waals surface area contributed by atoms with E-state index in [4.69, 9.17) is 9.47 Å². The third-order valence-electron chi connectivity index (χ3n) is 5.00. The van der Waals surface area contributed by atoms with Crippen molar-refractivity contribution in [3.8, 4) is 0 Å². The molecule has 0 aromatic carbocycles. The molecule has 0 bridgehead atoms. The standard InChI is InChI=1S/C24H48O3/c1-3-5-6-7-8-9-10-11-12-13-14-15-16-17-18-19-21-27-23-24(25)22-26-20-4-2/h4,24-25H,2-3,5-23H2,1H3. The Kier molecular flexibility index (Phi) is 23.3. The fraction of sp³-hybridized carbons (Fsp3) is 0.917. The Labute approximate surface area is 169 Å². The van der Waals surface area contributed by atoms with E-state index in [1.807, 2.05) is 0 Å². The Hall–Kier alpha value is -0.380. The van der Waals surface area contributed by atoms with Crippen molar-refractivity contribution in [1.29, 1.82) is 0 Å². The number of hydrogen-bond acceptors (Lipinski definition) is 3. The zero-order chi connectivity index (χ0) is 19.8. The van der Waals surface area contributed by atoms with Crippen LogP contribution in [-0.4, -0.2) is 37.6 Å². The molecule has 0 saturated carbocycles. The lowest BCUT2D eigenvalue weighted by molar-refractivity contribution is -0.0137. The molecule has 0 saturated heterocycles. The van der Waals surface area contributed by atoms with Crippen molar-refractivity contribution in [2.24, 2.45) is 0 Å². The van der Waals surface area contributed by atoms with Gasteiger partial charge < -0.3 is 14.6 Å². The van der Waals surface area contributed by atoms with Gasteiger partial charge in [-0.3, -0.25) is 0 Å². The molecule has 1 atom stereocenters. The van der Waals surface area contributed by atoms with Gasteiger partial charge in [-0.25, -0.2) is 0 Å². The number of unbranched alkanes of at least 4 members (excludes halogenated alkanes) is 15. The number of aliphatic hydroxyl groups excluding tert-OH is 1. The van der Waals surface area contributed by atoms with Crippen molar-refractivity contribution in [3.63, 3.8) is 0 Å². The molecule has 0 fully saturated rings. The van der Waals surface area contributed by atoms with Gasteiger partial charge in [0, 0.05) is 6.61 Å². The molecule has 3 heteroatoms. The monoisotopic (exact) mass is 384 g/mol. The maximum absolute atomic E-state index is 9.63. The van der Waals surface area contributed by atoms with Gasteiger partial charge in [0.2, 0.25) is 0 Å². The minimum Gasteiger partial charge on any atom is -0.388 e. The molecule has 27 heavy (non-hydrogen) atoms. The van der Waals surface area contributed by atoms with Crippen molar-refractivity contribution < 1.29 is 14.6 Å². The highest BCUT2D eigenvalue weighted by Gasteiger charge is 2.03. The lowest BCUT2D eigenvalue weighted by Gasteiger charge is -2.11. The second kappa shape index (κ2) is 23.7. The van der Waals surface area contributed by atoms with Crippen LogP contribution in [0.4, 0.5) is 0 Å². The summed E-state index contributed by atoms with van der Waals surface area (Å²) in [6.45, 7) is 7.78. The molecule has 0 heterocycles. The first-order chi connectivity index (χ1) is 13.3. The van der Waals surface area contributed by atoms with Crippen molar-refractivity contribution in [1.82, 2.24) is 0 Å². The lowest BCUT2D eigenvalue weighted by Crippen LogP contribution is -2.22. The smallest absolute Gasteiger partial charge is 0.101 e. The molecule has 0 radical (unpaired) electrons. The molecule has 0 aliphatic rings. The number of rotatable bonds is 23. The molecule has 0 aliphatic heterocycles. The highest BCUT2D eigenvalue weighted by Crippen LogP contribution is 2.13. The van der Waals surface area contributed by atoms with Crippen LogP contribution in [0.1, 0.15) is 110 Å². The quantitative estimate of drug-likeness (QED) is 0.155. The second-order valence-electron chi connectivity index (χ2n) is 7.86. The second-order valence-corrected chi connectivity index (χ2v) is 7.86. The molecule has 1 unspecified atom stereocenters. The van der Waals surface area contributed by atoms with E-state index < -0.39 is 6.10 Å². The average molecular weight is 385 g/mol. The Balaban J connectivity index is 3.05. The third-order valence-corrected chi connectivity index (χ3v) is 5.00. The van der Waals surface area contributed by atoms with Crippen molar-refractivity contribution in [2.75, 3.05) is 26.4 Å². The van der Waals surface area contributed by atoms with Crippen molar-refractivity contribution in [2.45, 2.75) is 116 Å². The van der Waals surface area contributed by atoms with E-state index in [0.29, 0.717) is 19.8 Å². The van der Waals surface area contributed by atoms with Crippen LogP contribution in [0, 0.1) is 0 Å². The zero-order valence-electron chi connectivity index (χ0n) is 18.3. The largest absolute Gasteiger partial charge is 0.388 e. The van der Waals surface area contributed by atoms with Gasteiger partial charge in [0.25, 0.3) is 0 Å². The summed E-state index contributed by atoms with van der Waals surface area (Å²) < 4.78 is 10.7. The zero-order valence-corrected chi connectivity index (χ0v) is 18.3. The van der Waals surface area contributed by atoms with Crippen LogP contribution in [0.5, 0.6) is 0 Å². The Morgan fingerprint density at radius 1 is 0.667 bits per heavy atom. The van der Waals surface area contributed by atoms with Crippen LogP contribution in [0.3, 0.4) is 0 Å². The summed E-state index contributed by atoms with van der Waals surface area (Å²) >= 11 is 0. The van der Waals surface area contributed by atoms with Crippen molar-refractivity contribution in [3.05, 3.63) is 12.7 Å². The van der Waals surface area contributed by atoms with Crippen LogP contribution < -0.4 is 0 Å². The normalized spacial score (nSPS) is 12.4. The van der Waals surface area contributed by atoms with Gasteiger partial charge in [-0.05, 0) is 6.42 Å². The van der Waals surface area contributed by atoms with Gasteiger partial charge in [-0.2, -0.15) is 0 Å². The molecule has 0 aromatic rings. The molecule has 0 spiro atoms. The van der Waals surface area contributed by atoms with Gasteiger partial charge in [0.05, 0.1) is 19.8 Å². The van der Waals surface area contributed by atoms with Crippen LogP contribution in [-0.2, 0) is 9.47 Å². The van der Waals surface area contributed by atoms with Gasteiger partial charge in [-0.1, -0.05) is 109 Å². The number of aliphatic hydroxyl groups is 1. The summed E-state index contributed by atoms with van der Waals surface area (Å²) in [7, 11) is 0. The first kappa shape index (κ1) is 26.6. The Morgan fingerprint density at radius 3 is 1.52 bits per heavy atom. The summed E-state index contributed by atoms with van der Waals surface area (Å²) in [4.78, 5) is 0. The van der Waals surface area contributed by atoms with Crippen LogP contribution in [0.25, 0.3) is 0 Å². The summed E-state index contributed by atoms with van der Waals surface area (Å²) in [5.41, 5.74) is 0. The van der Waals surface area contributed by atoms with E-state index in [2.05, 4.69) is 13.5 Å². The van der Waals surface area contributed by atoms with E-state index in [-0.39, 0.29) is 0 Å². The van der Waals surface area contributed by atoms with E-state index in [1.54, 1.807) is 6.08 Å². The summed E-state index contributed by atoms with van der Waals surface area (Å²) in [5.74, 6) is 0. The van der Waals surface area contributed by atoms with Crippen LogP contribution in [0.2, 0.25) is 0 Å². The first-order valence-corrected chi connectivity index (χ1v) is 11.8. The summed E-state index contributed by atoms with van der Waals surface area (Å²) in [6.07, 6.45) is 23.3. The van der Waals surface area contributed by atoms with Crippen molar-refractivity contribution >= 4 is 0 Å². The molecule has 0 aliphatic carbocycles. The van der Waals surface area contributed by atoms with Gasteiger partial charge in [-0.15, -0.1) is 6.58 Å². The predicted molar refractivity (Wildman–Crippen MR) is 117 cm³/mol. The highest BCUT2D eigenvalue weighted by atomic mass is 16.5. The first-order valence-electron chi connectivity index (χ1n) is 11.8. The molecular weight excluding hydrogens is 336 g/mol. The number of ether oxygens (including phenoxy) is 2. The molecular formula is C24H48O3. The van der Waals surface area contributed by atoms with E-state index in [0.717, 1.165) is 13.0 Å². The van der Waals surface area contributed by atoms with E-state index in [9.17, 15) is 5.11 Å². The fourth-order valence-electron chi connectivity index (χ4n) is 3.31. The van der Waals surface area contributed by atoms with Crippen LogP contribution >= 0.6 is 0 Å². The topological polar surface area (TPSA) is 38.7 Å². The van der Waals surface area contributed by atoms with E-state index in [1.165, 1.54) is 96.3 Å². The summed E-state index contributed by atoms with van der Waals surface area (Å²) in [5, 5.41) is 9.63. The molecule has 162 valence electrons. The SMILES string of the molecule is C=CCOCC(O)COCCCCCCCCCCCCCCCCCC. The maximum atomic E-state index is 9.63. The predicted octanol–water partition coefficient (Wildman–Crippen LogP) is 6.83.